The van der Waals surface area contributed by atoms with Crippen LogP contribution in [0.2, 0.25) is 0 Å². The molecule has 0 saturated carbocycles. The predicted molar refractivity (Wildman–Crippen MR) is 60.9 cm³/mol. The van der Waals surface area contributed by atoms with E-state index in [-0.39, 0.29) is 18.1 Å². The van der Waals surface area contributed by atoms with E-state index in [0.29, 0.717) is 12.9 Å². The van der Waals surface area contributed by atoms with Crippen molar-refractivity contribution in [2.75, 3.05) is 13.2 Å². The Labute approximate surface area is 100 Å². The van der Waals surface area contributed by atoms with Crippen LogP contribution in [0.15, 0.2) is 29.2 Å². The summed E-state index contributed by atoms with van der Waals surface area (Å²) in [6.07, 6.45) is 0.337. The predicted octanol–water partition coefficient (Wildman–Crippen LogP) is 1.26. The molecule has 17 heavy (non-hydrogen) atoms. The molecule has 0 aliphatic carbocycles. The van der Waals surface area contributed by atoms with Crippen LogP contribution in [0.25, 0.3) is 0 Å². The van der Waals surface area contributed by atoms with Crippen molar-refractivity contribution in [1.82, 2.24) is 0 Å². The molecule has 0 spiro atoms. The van der Waals surface area contributed by atoms with Crippen molar-refractivity contribution < 1.29 is 22.1 Å². The fraction of sp³-hybridized carbons (Fsp3) is 0.364. The van der Waals surface area contributed by atoms with Crippen molar-refractivity contribution in [1.29, 1.82) is 0 Å². The van der Waals surface area contributed by atoms with Crippen LogP contribution in [0, 0.1) is 6.92 Å². The summed E-state index contributed by atoms with van der Waals surface area (Å²) < 4.78 is 32.5. The van der Waals surface area contributed by atoms with Crippen molar-refractivity contribution in [3.8, 4) is 0 Å². The summed E-state index contributed by atoms with van der Waals surface area (Å²) in [5, 5.41) is 0. The largest absolute Gasteiger partial charge is 0.468 e. The molecule has 0 unspecified atom stereocenters. The maximum atomic E-state index is 11.6. The summed E-state index contributed by atoms with van der Waals surface area (Å²) in [6, 6.07) is 6.39. The van der Waals surface area contributed by atoms with E-state index < -0.39 is 10.1 Å². The molecular formula is C11H14O5S. The second-order valence-corrected chi connectivity index (χ2v) is 5.03. The molecule has 0 fully saturated rings. The first-order valence-electron chi connectivity index (χ1n) is 5.07. The molecule has 0 aromatic heterocycles. The van der Waals surface area contributed by atoms with Gasteiger partial charge in [0, 0.05) is 6.42 Å². The second-order valence-electron chi connectivity index (χ2n) is 3.41. The van der Waals surface area contributed by atoms with Gasteiger partial charge in [-0.15, -0.1) is 0 Å². The molecule has 0 N–H and O–H groups in total. The average molecular weight is 258 g/mol. The van der Waals surface area contributed by atoms with Gasteiger partial charge in [-0.2, -0.15) is 8.42 Å². The minimum atomic E-state index is -3.71. The SMILES string of the molecule is Cc1ccc(S(=O)(=O)OCCCOC=O)cc1. The van der Waals surface area contributed by atoms with Gasteiger partial charge in [0.15, 0.2) is 0 Å². The first kappa shape index (κ1) is 13.7. The number of hydrogen-bond acceptors (Lipinski definition) is 5. The smallest absolute Gasteiger partial charge is 0.296 e. The van der Waals surface area contributed by atoms with E-state index in [2.05, 4.69) is 4.74 Å². The number of aryl methyl sites for hydroxylation is 1. The third-order valence-corrected chi connectivity index (χ3v) is 3.35. The summed E-state index contributed by atoms with van der Waals surface area (Å²) in [4.78, 5) is 9.96. The highest BCUT2D eigenvalue weighted by Crippen LogP contribution is 2.13. The van der Waals surface area contributed by atoms with Gasteiger partial charge in [-0.1, -0.05) is 17.7 Å². The first-order chi connectivity index (χ1) is 8.06. The normalized spacial score (nSPS) is 11.1. The fourth-order valence-corrected chi connectivity index (χ4v) is 2.07. The van der Waals surface area contributed by atoms with Crippen LogP contribution in [0.4, 0.5) is 0 Å². The Morgan fingerprint density at radius 1 is 1.18 bits per heavy atom. The highest BCUT2D eigenvalue weighted by molar-refractivity contribution is 7.86. The minimum Gasteiger partial charge on any atom is -0.468 e. The summed E-state index contributed by atoms with van der Waals surface area (Å²) in [7, 11) is -3.71. The lowest BCUT2D eigenvalue weighted by molar-refractivity contribution is -0.128. The molecule has 0 amide bonds. The number of carbonyl (C=O) groups excluding carboxylic acids is 1. The lowest BCUT2D eigenvalue weighted by Crippen LogP contribution is -2.09. The molecule has 1 rings (SSSR count). The van der Waals surface area contributed by atoms with Crippen LogP contribution in [-0.4, -0.2) is 28.1 Å². The van der Waals surface area contributed by atoms with Crippen LogP contribution in [-0.2, 0) is 23.8 Å². The number of hydrogen-bond donors (Lipinski definition) is 0. The molecule has 0 radical (unpaired) electrons. The number of carbonyl (C=O) groups is 1. The van der Waals surface area contributed by atoms with E-state index in [0.717, 1.165) is 5.56 Å². The Balaban J connectivity index is 2.51. The molecule has 0 heterocycles. The van der Waals surface area contributed by atoms with E-state index in [1.54, 1.807) is 12.1 Å². The van der Waals surface area contributed by atoms with Crippen LogP contribution >= 0.6 is 0 Å². The Hall–Kier alpha value is -1.40. The van der Waals surface area contributed by atoms with Gasteiger partial charge in [0.1, 0.15) is 0 Å². The van der Waals surface area contributed by atoms with Crippen molar-refractivity contribution in [2.45, 2.75) is 18.2 Å². The van der Waals surface area contributed by atoms with Crippen LogP contribution < -0.4 is 0 Å². The van der Waals surface area contributed by atoms with Crippen LogP contribution in [0.1, 0.15) is 12.0 Å². The molecular weight excluding hydrogens is 244 g/mol. The van der Waals surface area contributed by atoms with Gasteiger partial charge in [-0.05, 0) is 19.1 Å². The Morgan fingerprint density at radius 2 is 1.82 bits per heavy atom. The average Bonchev–Trinajstić information content (AvgIpc) is 2.29. The molecule has 0 bridgehead atoms. The zero-order valence-electron chi connectivity index (χ0n) is 9.46. The lowest BCUT2D eigenvalue weighted by atomic mass is 10.2. The highest BCUT2D eigenvalue weighted by Gasteiger charge is 2.14. The van der Waals surface area contributed by atoms with Gasteiger partial charge >= 0.3 is 0 Å². The van der Waals surface area contributed by atoms with E-state index in [1.165, 1.54) is 12.1 Å². The Morgan fingerprint density at radius 3 is 2.41 bits per heavy atom. The minimum absolute atomic E-state index is 0.00987. The quantitative estimate of drug-likeness (QED) is 0.418. The summed E-state index contributed by atoms with van der Waals surface area (Å²) in [5.41, 5.74) is 0.975. The molecule has 5 nitrogen and oxygen atoms in total. The van der Waals surface area contributed by atoms with Gasteiger partial charge in [-0.25, -0.2) is 0 Å². The first-order valence-corrected chi connectivity index (χ1v) is 6.48. The van der Waals surface area contributed by atoms with Gasteiger partial charge in [-0.3, -0.25) is 8.98 Å². The van der Waals surface area contributed by atoms with Crippen LogP contribution in [0.5, 0.6) is 0 Å². The maximum absolute atomic E-state index is 11.6. The van der Waals surface area contributed by atoms with Crippen molar-refractivity contribution in [3.63, 3.8) is 0 Å². The van der Waals surface area contributed by atoms with Crippen molar-refractivity contribution in [2.24, 2.45) is 0 Å². The third kappa shape index (κ3) is 4.54. The standard InChI is InChI=1S/C11H14O5S/c1-10-3-5-11(6-4-10)17(13,14)16-8-2-7-15-9-12/h3-6,9H,2,7-8H2,1H3. The molecule has 0 atom stereocenters. The lowest BCUT2D eigenvalue weighted by Gasteiger charge is -2.05. The zero-order valence-corrected chi connectivity index (χ0v) is 10.3. The monoisotopic (exact) mass is 258 g/mol. The molecule has 1 aromatic rings. The third-order valence-electron chi connectivity index (χ3n) is 2.02. The maximum Gasteiger partial charge on any atom is 0.296 e. The molecule has 0 aliphatic rings. The van der Waals surface area contributed by atoms with E-state index in [1.807, 2.05) is 6.92 Å². The van der Waals surface area contributed by atoms with E-state index in [9.17, 15) is 13.2 Å². The van der Waals surface area contributed by atoms with Crippen molar-refractivity contribution in [3.05, 3.63) is 29.8 Å². The van der Waals surface area contributed by atoms with Gasteiger partial charge in [0.25, 0.3) is 16.6 Å². The zero-order chi connectivity index (χ0) is 12.7. The number of benzene rings is 1. The molecule has 94 valence electrons. The van der Waals surface area contributed by atoms with Crippen LogP contribution in [0.3, 0.4) is 0 Å². The van der Waals surface area contributed by atoms with E-state index >= 15 is 0 Å². The molecule has 0 aliphatic heterocycles. The van der Waals surface area contributed by atoms with Gasteiger partial charge in [0.2, 0.25) is 0 Å². The molecule has 1 aromatic carbocycles. The summed E-state index contributed by atoms with van der Waals surface area (Å²) in [5.74, 6) is 0. The number of rotatable bonds is 7. The topological polar surface area (TPSA) is 69.7 Å². The molecule has 0 saturated heterocycles. The number of ether oxygens (including phenoxy) is 1. The molecule has 6 heteroatoms. The highest BCUT2D eigenvalue weighted by atomic mass is 32.2. The Kier molecular flexibility index (Phi) is 5.11. The van der Waals surface area contributed by atoms with Crippen molar-refractivity contribution >= 4 is 16.6 Å². The van der Waals surface area contributed by atoms with Gasteiger partial charge < -0.3 is 4.74 Å². The van der Waals surface area contributed by atoms with E-state index in [4.69, 9.17) is 4.18 Å². The van der Waals surface area contributed by atoms with Gasteiger partial charge in [0.05, 0.1) is 18.1 Å². The Bertz CT molecular complexity index is 449. The second kappa shape index (κ2) is 6.36. The fourth-order valence-electron chi connectivity index (χ4n) is 1.13. The summed E-state index contributed by atoms with van der Waals surface area (Å²) in [6.45, 7) is 2.32. The summed E-state index contributed by atoms with van der Waals surface area (Å²) >= 11 is 0.